The number of anilines is 1. The lowest BCUT2D eigenvalue weighted by atomic mass is 10.1. The number of aliphatic hydroxyl groups is 1. The first-order valence-electron chi connectivity index (χ1n) is 5.28. The Labute approximate surface area is 97.3 Å². The van der Waals surface area contributed by atoms with Gasteiger partial charge in [0.15, 0.2) is 0 Å². The third-order valence-corrected chi connectivity index (χ3v) is 2.73. The van der Waals surface area contributed by atoms with E-state index in [4.69, 9.17) is 10.2 Å². The van der Waals surface area contributed by atoms with Crippen LogP contribution >= 0.6 is 0 Å². The van der Waals surface area contributed by atoms with E-state index in [0.717, 1.165) is 0 Å². The molecule has 2 heterocycles. The molecule has 1 aliphatic heterocycles. The number of hydrogen-bond donors (Lipinski definition) is 2. The zero-order valence-corrected chi connectivity index (χ0v) is 9.11. The highest BCUT2D eigenvalue weighted by molar-refractivity contribution is 5.98. The van der Waals surface area contributed by atoms with Crippen molar-refractivity contribution in [3.63, 3.8) is 0 Å². The SMILES string of the molecule is O=C(O)C1CC(=O)N(c2cnn(CCO)c2)C1. The van der Waals surface area contributed by atoms with Gasteiger partial charge in [-0.3, -0.25) is 14.3 Å². The molecular weight excluding hydrogens is 226 g/mol. The van der Waals surface area contributed by atoms with E-state index in [1.165, 1.54) is 15.8 Å². The quantitative estimate of drug-likeness (QED) is 0.725. The predicted molar refractivity (Wildman–Crippen MR) is 57.4 cm³/mol. The van der Waals surface area contributed by atoms with Gasteiger partial charge in [-0.05, 0) is 0 Å². The molecule has 1 fully saturated rings. The highest BCUT2D eigenvalue weighted by Crippen LogP contribution is 2.24. The number of aliphatic carboxylic acids is 1. The molecule has 0 bridgehead atoms. The van der Waals surface area contributed by atoms with Gasteiger partial charge in [0.1, 0.15) is 0 Å². The summed E-state index contributed by atoms with van der Waals surface area (Å²) in [5.41, 5.74) is 0.576. The number of carboxylic acids is 1. The molecule has 1 saturated heterocycles. The standard InChI is InChI=1S/C10H13N3O4/c14-2-1-12-6-8(4-11-12)13-5-7(10(16)17)3-9(13)15/h4,6-7,14H,1-3,5H2,(H,16,17). The van der Waals surface area contributed by atoms with Crippen LogP contribution in [0.4, 0.5) is 5.69 Å². The third kappa shape index (κ3) is 2.28. The lowest BCUT2D eigenvalue weighted by Gasteiger charge is -2.12. The summed E-state index contributed by atoms with van der Waals surface area (Å²) in [6, 6.07) is 0. The van der Waals surface area contributed by atoms with E-state index in [0.29, 0.717) is 12.2 Å². The molecule has 1 aliphatic rings. The summed E-state index contributed by atoms with van der Waals surface area (Å²) in [5.74, 6) is -1.81. The monoisotopic (exact) mass is 239 g/mol. The Balaban J connectivity index is 2.11. The summed E-state index contributed by atoms with van der Waals surface area (Å²) in [5, 5.41) is 21.6. The van der Waals surface area contributed by atoms with E-state index < -0.39 is 11.9 Å². The Kier molecular flexibility index (Phi) is 3.10. The van der Waals surface area contributed by atoms with Crippen molar-refractivity contribution in [2.45, 2.75) is 13.0 Å². The van der Waals surface area contributed by atoms with E-state index in [-0.39, 0.29) is 25.5 Å². The van der Waals surface area contributed by atoms with Crippen LogP contribution in [0.3, 0.4) is 0 Å². The molecule has 0 aliphatic carbocycles. The minimum Gasteiger partial charge on any atom is -0.481 e. The fraction of sp³-hybridized carbons (Fsp3) is 0.500. The van der Waals surface area contributed by atoms with Crippen LogP contribution in [-0.2, 0) is 16.1 Å². The molecule has 0 aromatic carbocycles. The summed E-state index contributed by atoms with van der Waals surface area (Å²) in [7, 11) is 0. The normalized spacial score (nSPS) is 19.9. The van der Waals surface area contributed by atoms with Gasteiger partial charge in [-0.15, -0.1) is 0 Å². The number of carbonyl (C=O) groups excluding carboxylic acids is 1. The molecule has 1 unspecified atom stereocenters. The molecule has 1 amide bonds. The first-order chi connectivity index (χ1) is 8.11. The van der Waals surface area contributed by atoms with Gasteiger partial charge in [0.25, 0.3) is 0 Å². The second-order valence-electron chi connectivity index (χ2n) is 3.93. The molecule has 1 atom stereocenters. The Morgan fingerprint density at radius 3 is 2.94 bits per heavy atom. The maximum atomic E-state index is 11.6. The van der Waals surface area contributed by atoms with Gasteiger partial charge >= 0.3 is 5.97 Å². The fourth-order valence-corrected chi connectivity index (χ4v) is 1.84. The first kappa shape index (κ1) is 11.6. The Bertz CT molecular complexity index is 443. The number of nitrogens with zero attached hydrogens (tertiary/aromatic N) is 3. The summed E-state index contributed by atoms with van der Waals surface area (Å²) in [6.07, 6.45) is 3.15. The van der Waals surface area contributed by atoms with Gasteiger partial charge in [0.05, 0.1) is 31.0 Å². The largest absolute Gasteiger partial charge is 0.481 e. The van der Waals surface area contributed by atoms with E-state index in [1.54, 1.807) is 6.20 Å². The number of aliphatic hydroxyl groups excluding tert-OH is 1. The van der Waals surface area contributed by atoms with E-state index in [1.807, 2.05) is 0 Å². The van der Waals surface area contributed by atoms with Crippen molar-refractivity contribution in [3.8, 4) is 0 Å². The van der Waals surface area contributed by atoms with Gasteiger partial charge in [-0.2, -0.15) is 5.10 Å². The lowest BCUT2D eigenvalue weighted by molar-refractivity contribution is -0.141. The molecule has 2 rings (SSSR count). The molecule has 2 N–H and O–H groups in total. The second-order valence-corrected chi connectivity index (χ2v) is 3.93. The number of aromatic nitrogens is 2. The van der Waals surface area contributed by atoms with Gasteiger partial charge in [-0.1, -0.05) is 0 Å². The van der Waals surface area contributed by atoms with E-state index in [9.17, 15) is 9.59 Å². The van der Waals surface area contributed by atoms with Crippen LogP contribution in [0, 0.1) is 5.92 Å². The number of rotatable bonds is 4. The van der Waals surface area contributed by atoms with Crippen molar-refractivity contribution >= 4 is 17.6 Å². The average Bonchev–Trinajstić information content (AvgIpc) is 2.85. The van der Waals surface area contributed by atoms with Gasteiger partial charge in [-0.25, -0.2) is 0 Å². The first-order valence-corrected chi connectivity index (χ1v) is 5.28. The summed E-state index contributed by atoms with van der Waals surface area (Å²) in [6.45, 7) is 0.496. The predicted octanol–water partition coefficient (Wildman–Crippen LogP) is -0.687. The summed E-state index contributed by atoms with van der Waals surface area (Å²) < 4.78 is 1.51. The van der Waals surface area contributed by atoms with Crippen LogP contribution in [-0.4, -0.2) is 45.0 Å². The molecule has 0 radical (unpaired) electrons. The number of carboxylic acid groups (broad SMARTS) is 1. The Morgan fingerprint density at radius 2 is 2.35 bits per heavy atom. The number of amides is 1. The van der Waals surface area contributed by atoms with Crippen molar-refractivity contribution in [2.24, 2.45) is 5.92 Å². The van der Waals surface area contributed by atoms with E-state index in [2.05, 4.69) is 5.10 Å². The van der Waals surface area contributed by atoms with Gasteiger partial charge in [0, 0.05) is 19.2 Å². The molecular formula is C10H13N3O4. The minimum atomic E-state index is -0.955. The highest BCUT2D eigenvalue weighted by atomic mass is 16.4. The van der Waals surface area contributed by atoms with Crippen LogP contribution in [0.2, 0.25) is 0 Å². The smallest absolute Gasteiger partial charge is 0.308 e. The molecule has 1 aromatic heterocycles. The maximum Gasteiger partial charge on any atom is 0.308 e. The zero-order valence-electron chi connectivity index (χ0n) is 9.11. The molecule has 17 heavy (non-hydrogen) atoms. The maximum absolute atomic E-state index is 11.6. The summed E-state index contributed by atoms with van der Waals surface area (Å²) >= 11 is 0. The Hall–Kier alpha value is -1.89. The third-order valence-electron chi connectivity index (χ3n) is 2.73. The summed E-state index contributed by atoms with van der Waals surface area (Å²) in [4.78, 5) is 23.8. The molecule has 7 nitrogen and oxygen atoms in total. The number of carbonyl (C=O) groups is 2. The fourth-order valence-electron chi connectivity index (χ4n) is 1.84. The van der Waals surface area contributed by atoms with Crippen molar-refractivity contribution in [3.05, 3.63) is 12.4 Å². The van der Waals surface area contributed by atoms with Crippen LogP contribution in [0.25, 0.3) is 0 Å². The molecule has 0 spiro atoms. The van der Waals surface area contributed by atoms with Gasteiger partial charge < -0.3 is 15.1 Å². The second kappa shape index (κ2) is 4.54. The van der Waals surface area contributed by atoms with Crippen LogP contribution < -0.4 is 4.90 Å². The average molecular weight is 239 g/mol. The van der Waals surface area contributed by atoms with Crippen molar-refractivity contribution in [1.29, 1.82) is 0 Å². The Morgan fingerprint density at radius 1 is 1.59 bits per heavy atom. The van der Waals surface area contributed by atoms with Crippen LogP contribution in [0.5, 0.6) is 0 Å². The molecule has 0 saturated carbocycles. The minimum absolute atomic E-state index is 0.0283. The zero-order chi connectivity index (χ0) is 12.4. The topological polar surface area (TPSA) is 95.7 Å². The molecule has 92 valence electrons. The van der Waals surface area contributed by atoms with Crippen molar-refractivity contribution in [1.82, 2.24) is 9.78 Å². The van der Waals surface area contributed by atoms with E-state index >= 15 is 0 Å². The van der Waals surface area contributed by atoms with Crippen molar-refractivity contribution in [2.75, 3.05) is 18.1 Å². The molecule has 1 aromatic rings. The number of hydrogen-bond acceptors (Lipinski definition) is 4. The highest BCUT2D eigenvalue weighted by Gasteiger charge is 2.35. The van der Waals surface area contributed by atoms with Crippen LogP contribution in [0.15, 0.2) is 12.4 Å². The lowest BCUT2D eigenvalue weighted by Crippen LogP contribution is -2.25. The molecule has 7 heteroatoms. The van der Waals surface area contributed by atoms with Crippen LogP contribution in [0.1, 0.15) is 6.42 Å². The van der Waals surface area contributed by atoms with Crippen molar-refractivity contribution < 1.29 is 19.8 Å². The van der Waals surface area contributed by atoms with Gasteiger partial charge in [0.2, 0.25) is 5.91 Å².